The molecule has 1 aromatic rings. The summed E-state index contributed by atoms with van der Waals surface area (Å²) in [6, 6.07) is 10.6. The third-order valence-corrected chi connectivity index (χ3v) is 2.95. The van der Waals surface area contributed by atoms with Crippen molar-refractivity contribution in [3.8, 4) is 0 Å². The van der Waals surface area contributed by atoms with Crippen molar-refractivity contribution < 1.29 is 5.11 Å². The van der Waals surface area contributed by atoms with Crippen molar-refractivity contribution in [2.75, 3.05) is 33.3 Å². The Morgan fingerprint density at radius 2 is 1.78 bits per heavy atom. The quantitative estimate of drug-likeness (QED) is 0.622. The molecule has 0 aromatic heterocycles. The highest BCUT2D eigenvalue weighted by molar-refractivity contribution is 5.14. The van der Waals surface area contributed by atoms with Crippen molar-refractivity contribution in [1.29, 1.82) is 0 Å². The van der Waals surface area contributed by atoms with E-state index in [4.69, 9.17) is 5.11 Å². The van der Waals surface area contributed by atoms with Crippen LogP contribution in [0.1, 0.15) is 24.8 Å². The maximum absolute atomic E-state index is 8.65. The first-order valence-corrected chi connectivity index (χ1v) is 6.87. The zero-order chi connectivity index (χ0) is 13.1. The predicted octanol–water partition coefficient (Wildman–Crippen LogP) is 1.87. The molecule has 0 saturated heterocycles. The standard InChI is InChI=1S/C15H26N2O/c1-17(14-15-8-3-2-4-9-15)12-7-11-16-10-5-6-13-18/h2-4,8-9,16,18H,5-7,10-14H2,1H3. The number of unbranched alkanes of at least 4 members (excludes halogenated alkanes) is 1. The Morgan fingerprint density at radius 3 is 2.50 bits per heavy atom. The maximum Gasteiger partial charge on any atom is 0.0431 e. The number of aliphatic hydroxyl groups is 1. The minimum Gasteiger partial charge on any atom is -0.396 e. The molecule has 18 heavy (non-hydrogen) atoms. The molecular weight excluding hydrogens is 224 g/mol. The topological polar surface area (TPSA) is 35.5 Å². The second-order valence-electron chi connectivity index (χ2n) is 4.76. The van der Waals surface area contributed by atoms with E-state index in [1.54, 1.807) is 0 Å². The summed E-state index contributed by atoms with van der Waals surface area (Å²) in [4.78, 5) is 2.35. The SMILES string of the molecule is CN(CCCNCCCCO)Cc1ccccc1. The summed E-state index contributed by atoms with van der Waals surface area (Å²) < 4.78 is 0. The molecule has 0 aliphatic rings. The lowest BCUT2D eigenvalue weighted by molar-refractivity contribution is 0.283. The van der Waals surface area contributed by atoms with E-state index in [1.807, 2.05) is 0 Å². The Kier molecular flexibility index (Phi) is 8.47. The van der Waals surface area contributed by atoms with Gasteiger partial charge in [-0.05, 0) is 51.5 Å². The van der Waals surface area contributed by atoms with Crippen LogP contribution in [0, 0.1) is 0 Å². The fourth-order valence-corrected chi connectivity index (χ4v) is 1.93. The first-order valence-electron chi connectivity index (χ1n) is 6.87. The van der Waals surface area contributed by atoms with Gasteiger partial charge in [-0.3, -0.25) is 0 Å². The summed E-state index contributed by atoms with van der Waals surface area (Å²) in [6.45, 7) is 4.52. The Morgan fingerprint density at radius 1 is 1.06 bits per heavy atom. The molecular formula is C15H26N2O. The maximum atomic E-state index is 8.65. The van der Waals surface area contributed by atoms with Crippen LogP contribution in [0.15, 0.2) is 30.3 Å². The molecule has 0 radical (unpaired) electrons. The van der Waals surface area contributed by atoms with Gasteiger partial charge in [-0.1, -0.05) is 30.3 Å². The van der Waals surface area contributed by atoms with Crippen molar-refractivity contribution in [2.24, 2.45) is 0 Å². The van der Waals surface area contributed by atoms with E-state index in [9.17, 15) is 0 Å². The van der Waals surface area contributed by atoms with Gasteiger partial charge in [0, 0.05) is 13.2 Å². The zero-order valence-corrected chi connectivity index (χ0v) is 11.4. The van der Waals surface area contributed by atoms with Crippen LogP contribution in [0.2, 0.25) is 0 Å². The second kappa shape index (κ2) is 10.1. The normalized spacial score (nSPS) is 11.1. The molecule has 0 fully saturated rings. The highest BCUT2D eigenvalue weighted by Crippen LogP contribution is 2.02. The molecule has 0 atom stereocenters. The molecule has 0 aliphatic carbocycles. The largest absolute Gasteiger partial charge is 0.396 e. The van der Waals surface area contributed by atoms with E-state index in [0.717, 1.165) is 39.0 Å². The van der Waals surface area contributed by atoms with Crippen LogP contribution in [0.25, 0.3) is 0 Å². The van der Waals surface area contributed by atoms with Gasteiger partial charge in [0.15, 0.2) is 0 Å². The van der Waals surface area contributed by atoms with Crippen LogP contribution in [0.5, 0.6) is 0 Å². The highest BCUT2D eigenvalue weighted by Gasteiger charge is 1.99. The number of benzene rings is 1. The molecule has 0 amide bonds. The summed E-state index contributed by atoms with van der Waals surface area (Å²) in [5, 5.41) is 12.0. The minimum atomic E-state index is 0.307. The third kappa shape index (κ3) is 7.43. The van der Waals surface area contributed by atoms with Crippen LogP contribution >= 0.6 is 0 Å². The number of hydrogen-bond acceptors (Lipinski definition) is 3. The third-order valence-electron chi connectivity index (χ3n) is 2.95. The van der Waals surface area contributed by atoms with Gasteiger partial charge in [-0.2, -0.15) is 0 Å². The van der Waals surface area contributed by atoms with Crippen molar-refractivity contribution in [3.63, 3.8) is 0 Å². The Balaban J connectivity index is 1.99. The molecule has 0 unspecified atom stereocenters. The Hall–Kier alpha value is -0.900. The molecule has 1 rings (SSSR count). The Bertz CT molecular complexity index is 290. The van der Waals surface area contributed by atoms with E-state index >= 15 is 0 Å². The van der Waals surface area contributed by atoms with E-state index in [0.29, 0.717) is 6.61 Å². The molecule has 0 saturated carbocycles. The van der Waals surface area contributed by atoms with E-state index in [2.05, 4.69) is 47.6 Å². The van der Waals surface area contributed by atoms with Gasteiger partial charge in [-0.15, -0.1) is 0 Å². The van der Waals surface area contributed by atoms with Crippen molar-refractivity contribution in [3.05, 3.63) is 35.9 Å². The highest BCUT2D eigenvalue weighted by atomic mass is 16.2. The first-order chi connectivity index (χ1) is 8.83. The van der Waals surface area contributed by atoms with Gasteiger partial charge >= 0.3 is 0 Å². The summed E-state index contributed by atoms with van der Waals surface area (Å²) in [7, 11) is 2.17. The van der Waals surface area contributed by atoms with Crippen LogP contribution in [-0.2, 0) is 6.54 Å². The van der Waals surface area contributed by atoms with Gasteiger partial charge < -0.3 is 15.3 Å². The average Bonchev–Trinajstić information content (AvgIpc) is 2.39. The molecule has 102 valence electrons. The Labute approximate surface area is 111 Å². The second-order valence-corrected chi connectivity index (χ2v) is 4.76. The molecule has 3 heteroatoms. The number of hydrogen-bond donors (Lipinski definition) is 2. The lowest BCUT2D eigenvalue weighted by atomic mass is 10.2. The lowest BCUT2D eigenvalue weighted by Crippen LogP contribution is -2.24. The number of aliphatic hydroxyl groups excluding tert-OH is 1. The van der Waals surface area contributed by atoms with Crippen LogP contribution < -0.4 is 5.32 Å². The number of rotatable bonds is 10. The van der Waals surface area contributed by atoms with Gasteiger partial charge in [0.1, 0.15) is 0 Å². The summed E-state index contributed by atoms with van der Waals surface area (Å²) >= 11 is 0. The van der Waals surface area contributed by atoms with Gasteiger partial charge in [0.05, 0.1) is 0 Å². The summed E-state index contributed by atoms with van der Waals surface area (Å²) in [5.41, 5.74) is 1.37. The number of nitrogens with zero attached hydrogens (tertiary/aromatic N) is 1. The fraction of sp³-hybridized carbons (Fsp3) is 0.600. The first kappa shape index (κ1) is 15.2. The minimum absolute atomic E-state index is 0.307. The van der Waals surface area contributed by atoms with Crippen LogP contribution in [-0.4, -0.2) is 43.3 Å². The van der Waals surface area contributed by atoms with Gasteiger partial charge in [0.2, 0.25) is 0 Å². The van der Waals surface area contributed by atoms with Crippen molar-refractivity contribution >= 4 is 0 Å². The summed E-state index contributed by atoms with van der Waals surface area (Å²) in [5.74, 6) is 0. The van der Waals surface area contributed by atoms with Gasteiger partial charge in [0.25, 0.3) is 0 Å². The smallest absolute Gasteiger partial charge is 0.0431 e. The van der Waals surface area contributed by atoms with Gasteiger partial charge in [-0.25, -0.2) is 0 Å². The summed E-state index contributed by atoms with van der Waals surface area (Å²) in [6.07, 6.45) is 3.14. The van der Waals surface area contributed by atoms with Crippen LogP contribution in [0.3, 0.4) is 0 Å². The molecule has 1 aromatic carbocycles. The lowest BCUT2D eigenvalue weighted by Gasteiger charge is -2.16. The molecule has 0 heterocycles. The van der Waals surface area contributed by atoms with E-state index in [1.165, 1.54) is 12.0 Å². The molecule has 0 aliphatic heterocycles. The fourth-order valence-electron chi connectivity index (χ4n) is 1.93. The molecule has 3 nitrogen and oxygen atoms in total. The zero-order valence-electron chi connectivity index (χ0n) is 11.4. The number of nitrogens with one attached hydrogen (secondary N) is 1. The molecule has 0 bridgehead atoms. The van der Waals surface area contributed by atoms with Crippen molar-refractivity contribution in [1.82, 2.24) is 10.2 Å². The van der Waals surface area contributed by atoms with Crippen molar-refractivity contribution in [2.45, 2.75) is 25.8 Å². The predicted molar refractivity (Wildman–Crippen MR) is 76.6 cm³/mol. The average molecular weight is 250 g/mol. The molecule has 0 spiro atoms. The van der Waals surface area contributed by atoms with Crippen LogP contribution in [0.4, 0.5) is 0 Å². The van der Waals surface area contributed by atoms with E-state index < -0.39 is 0 Å². The van der Waals surface area contributed by atoms with E-state index in [-0.39, 0.29) is 0 Å². The monoisotopic (exact) mass is 250 g/mol. The molecule has 2 N–H and O–H groups in total.